The SMILES string of the molecule is C[C@@H]1C(=O)N(c2nccs2)[C@H]2CCN[C@H]12.O=C(O)C(F)(F)F. The molecule has 3 atom stereocenters. The number of carboxylic acids is 1. The van der Waals surface area contributed by atoms with Crippen molar-refractivity contribution in [1.29, 1.82) is 0 Å². The van der Waals surface area contributed by atoms with E-state index >= 15 is 0 Å². The van der Waals surface area contributed by atoms with E-state index < -0.39 is 12.1 Å². The average Bonchev–Trinajstić information content (AvgIpc) is 3.12. The molecule has 2 saturated heterocycles. The second-order valence-corrected chi connectivity index (χ2v) is 5.82. The first-order chi connectivity index (χ1) is 10.2. The first kappa shape index (κ1) is 16.7. The highest BCUT2D eigenvalue weighted by atomic mass is 32.1. The average molecular weight is 337 g/mol. The highest BCUT2D eigenvalue weighted by molar-refractivity contribution is 7.13. The molecular weight excluding hydrogens is 323 g/mol. The number of carbonyl (C=O) groups excluding carboxylic acids is 1. The van der Waals surface area contributed by atoms with E-state index in [0.717, 1.165) is 18.1 Å². The molecule has 0 aromatic carbocycles. The minimum atomic E-state index is -5.08. The number of aromatic nitrogens is 1. The first-order valence-corrected chi connectivity index (χ1v) is 7.37. The van der Waals surface area contributed by atoms with Gasteiger partial charge < -0.3 is 10.4 Å². The molecule has 10 heteroatoms. The van der Waals surface area contributed by atoms with Crippen LogP contribution in [0.2, 0.25) is 0 Å². The molecule has 0 spiro atoms. The standard InChI is InChI=1S/C10H13N3OS.C2HF3O2/c1-6-8-7(2-3-11-8)13(9(6)14)10-12-4-5-15-10;3-2(4,5)1(6)7/h4-8,11H,2-3H2,1H3;(H,6,7)/t6-,7-,8+;/m0./s1. The molecule has 22 heavy (non-hydrogen) atoms. The van der Waals surface area contributed by atoms with E-state index in [1.165, 1.54) is 0 Å². The van der Waals surface area contributed by atoms with Crippen LogP contribution in [0.4, 0.5) is 18.3 Å². The maximum Gasteiger partial charge on any atom is 0.490 e. The second kappa shape index (κ2) is 6.21. The van der Waals surface area contributed by atoms with Crippen molar-refractivity contribution in [3.05, 3.63) is 11.6 Å². The van der Waals surface area contributed by atoms with Crippen molar-refractivity contribution in [2.24, 2.45) is 5.92 Å². The van der Waals surface area contributed by atoms with Crippen molar-refractivity contribution in [2.75, 3.05) is 11.4 Å². The van der Waals surface area contributed by atoms with Gasteiger partial charge in [-0.3, -0.25) is 9.69 Å². The molecule has 2 aliphatic rings. The van der Waals surface area contributed by atoms with E-state index in [2.05, 4.69) is 10.3 Å². The fourth-order valence-corrected chi connectivity index (χ4v) is 3.32. The molecule has 1 aromatic rings. The molecule has 3 heterocycles. The number of fused-ring (bicyclic) bond motifs is 1. The minimum Gasteiger partial charge on any atom is -0.475 e. The van der Waals surface area contributed by atoms with Crippen molar-refractivity contribution in [3.63, 3.8) is 0 Å². The molecule has 122 valence electrons. The highest BCUT2D eigenvalue weighted by Crippen LogP contribution is 2.35. The largest absolute Gasteiger partial charge is 0.490 e. The number of amides is 1. The minimum absolute atomic E-state index is 0.0846. The molecule has 1 amide bonds. The summed E-state index contributed by atoms with van der Waals surface area (Å²) in [6, 6.07) is 0.639. The Balaban J connectivity index is 0.000000217. The lowest BCUT2D eigenvalue weighted by Gasteiger charge is -2.19. The van der Waals surface area contributed by atoms with E-state index in [0.29, 0.717) is 12.1 Å². The zero-order chi connectivity index (χ0) is 16.5. The topological polar surface area (TPSA) is 82.5 Å². The van der Waals surface area contributed by atoms with Gasteiger partial charge >= 0.3 is 12.1 Å². The Morgan fingerprint density at radius 1 is 1.55 bits per heavy atom. The summed E-state index contributed by atoms with van der Waals surface area (Å²) in [5, 5.41) is 13.3. The molecule has 2 aliphatic heterocycles. The van der Waals surface area contributed by atoms with Crippen LogP contribution in [0.15, 0.2) is 11.6 Å². The lowest BCUT2D eigenvalue weighted by Crippen LogP contribution is -2.35. The summed E-state index contributed by atoms with van der Waals surface area (Å²) in [4.78, 5) is 27.1. The van der Waals surface area contributed by atoms with Crippen LogP contribution in [0, 0.1) is 5.92 Å². The smallest absolute Gasteiger partial charge is 0.475 e. The van der Waals surface area contributed by atoms with E-state index in [4.69, 9.17) is 9.90 Å². The molecule has 0 radical (unpaired) electrons. The van der Waals surface area contributed by atoms with Crippen molar-refractivity contribution in [3.8, 4) is 0 Å². The van der Waals surface area contributed by atoms with E-state index in [1.54, 1.807) is 17.5 Å². The molecule has 6 nitrogen and oxygen atoms in total. The Morgan fingerprint density at radius 2 is 2.18 bits per heavy atom. The molecule has 2 fully saturated rings. The number of thiazole rings is 1. The molecule has 0 saturated carbocycles. The number of carbonyl (C=O) groups is 2. The normalized spacial score (nSPS) is 27.4. The maximum atomic E-state index is 12.1. The van der Waals surface area contributed by atoms with Crippen molar-refractivity contribution >= 4 is 28.3 Å². The summed E-state index contributed by atoms with van der Waals surface area (Å²) in [5.74, 6) is -2.46. The number of hydrogen-bond acceptors (Lipinski definition) is 5. The molecule has 3 rings (SSSR count). The number of carboxylic acid groups (broad SMARTS) is 1. The highest BCUT2D eigenvalue weighted by Gasteiger charge is 2.49. The number of anilines is 1. The van der Waals surface area contributed by atoms with Crippen LogP contribution in [0.25, 0.3) is 0 Å². The van der Waals surface area contributed by atoms with Crippen LogP contribution in [0.5, 0.6) is 0 Å². The third kappa shape index (κ3) is 3.22. The summed E-state index contributed by atoms with van der Waals surface area (Å²) >= 11 is 1.54. The zero-order valence-electron chi connectivity index (χ0n) is 11.5. The van der Waals surface area contributed by atoms with Crippen molar-refractivity contribution < 1.29 is 27.9 Å². The lowest BCUT2D eigenvalue weighted by atomic mass is 10.0. The van der Waals surface area contributed by atoms with Crippen LogP contribution < -0.4 is 10.2 Å². The summed E-state index contributed by atoms with van der Waals surface area (Å²) in [6.07, 6.45) is -2.28. The summed E-state index contributed by atoms with van der Waals surface area (Å²) in [7, 11) is 0. The fraction of sp³-hybridized carbons (Fsp3) is 0.583. The molecular formula is C12H14F3N3O3S. The third-order valence-electron chi connectivity index (χ3n) is 3.60. The number of nitrogens with zero attached hydrogens (tertiary/aromatic N) is 2. The number of hydrogen-bond donors (Lipinski definition) is 2. The van der Waals surface area contributed by atoms with Gasteiger partial charge in [-0.2, -0.15) is 13.2 Å². The second-order valence-electron chi connectivity index (χ2n) is 4.95. The van der Waals surface area contributed by atoms with Gasteiger partial charge in [-0.05, 0) is 13.0 Å². The fourth-order valence-electron chi connectivity index (χ4n) is 2.62. The van der Waals surface area contributed by atoms with Gasteiger partial charge in [-0.15, -0.1) is 11.3 Å². The van der Waals surface area contributed by atoms with Gasteiger partial charge in [0.15, 0.2) is 5.13 Å². The Bertz CT molecular complexity index is 550. The number of nitrogens with one attached hydrogen (secondary N) is 1. The molecule has 1 aromatic heterocycles. The van der Waals surface area contributed by atoms with Crippen LogP contribution in [0.3, 0.4) is 0 Å². The monoisotopic (exact) mass is 337 g/mol. The van der Waals surface area contributed by atoms with Gasteiger partial charge in [-0.1, -0.05) is 6.92 Å². The quantitative estimate of drug-likeness (QED) is 0.811. The predicted molar refractivity (Wildman–Crippen MR) is 72.7 cm³/mol. The van der Waals surface area contributed by atoms with Crippen molar-refractivity contribution in [2.45, 2.75) is 31.6 Å². The number of halogens is 3. The summed E-state index contributed by atoms with van der Waals surface area (Å²) in [5.41, 5.74) is 0. The maximum absolute atomic E-state index is 12.1. The molecule has 0 unspecified atom stereocenters. The number of alkyl halides is 3. The van der Waals surface area contributed by atoms with Gasteiger partial charge in [0.1, 0.15) is 0 Å². The third-order valence-corrected chi connectivity index (χ3v) is 4.37. The van der Waals surface area contributed by atoms with Crippen LogP contribution in [-0.4, -0.2) is 46.8 Å². The summed E-state index contributed by atoms with van der Waals surface area (Å²) in [6.45, 7) is 3.01. The van der Waals surface area contributed by atoms with Gasteiger partial charge in [0.05, 0.1) is 12.0 Å². The lowest BCUT2D eigenvalue weighted by molar-refractivity contribution is -0.192. The van der Waals surface area contributed by atoms with E-state index in [-0.39, 0.29) is 11.8 Å². The Morgan fingerprint density at radius 3 is 2.68 bits per heavy atom. The number of rotatable bonds is 1. The summed E-state index contributed by atoms with van der Waals surface area (Å²) < 4.78 is 31.7. The van der Waals surface area contributed by atoms with Crippen LogP contribution in [-0.2, 0) is 9.59 Å². The molecule has 0 aliphatic carbocycles. The number of aliphatic carboxylic acids is 1. The Labute approximate surface area is 127 Å². The van der Waals surface area contributed by atoms with Gasteiger partial charge in [-0.25, -0.2) is 9.78 Å². The van der Waals surface area contributed by atoms with Gasteiger partial charge in [0.2, 0.25) is 5.91 Å². The van der Waals surface area contributed by atoms with E-state index in [9.17, 15) is 18.0 Å². The van der Waals surface area contributed by atoms with Crippen LogP contribution in [0.1, 0.15) is 13.3 Å². The Kier molecular flexibility index (Phi) is 4.71. The molecule has 2 N–H and O–H groups in total. The Hall–Kier alpha value is -1.68. The van der Waals surface area contributed by atoms with Gasteiger partial charge in [0, 0.05) is 17.6 Å². The van der Waals surface area contributed by atoms with Gasteiger partial charge in [0.25, 0.3) is 0 Å². The van der Waals surface area contributed by atoms with E-state index in [1.807, 2.05) is 17.2 Å². The first-order valence-electron chi connectivity index (χ1n) is 6.49. The van der Waals surface area contributed by atoms with Crippen molar-refractivity contribution in [1.82, 2.24) is 10.3 Å². The van der Waals surface area contributed by atoms with Crippen LogP contribution >= 0.6 is 11.3 Å². The predicted octanol–water partition coefficient (Wildman–Crippen LogP) is 1.49. The zero-order valence-corrected chi connectivity index (χ0v) is 12.3. The molecule has 0 bridgehead atoms.